The Kier molecular flexibility index (Phi) is 4.56. The van der Waals surface area contributed by atoms with Gasteiger partial charge in [-0.05, 0) is 12.1 Å². The second-order valence-electron chi connectivity index (χ2n) is 2.75. The lowest BCUT2D eigenvalue weighted by Crippen LogP contribution is -2.05. The molecule has 15 heavy (non-hydrogen) atoms. The lowest BCUT2D eigenvalue weighted by atomic mass is 10.3. The van der Waals surface area contributed by atoms with E-state index in [1.807, 2.05) is 0 Å². The van der Waals surface area contributed by atoms with E-state index in [1.54, 1.807) is 6.07 Å². The number of methoxy groups -OCH3 is 1. The number of anilines is 1. The third kappa shape index (κ3) is 3.55. The van der Waals surface area contributed by atoms with E-state index in [0.29, 0.717) is 18.7 Å². The minimum atomic E-state index is -0.516. The standard InChI is InChI=1S/C10H12FNO3/c1-14-4-5-15-10-3-2-8(12-7-13)6-9(10)11/h2-3,6-7H,4-5H2,1H3,(H,12,13). The Balaban J connectivity index is 2.61. The van der Waals surface area contributed by atoms with Gasteiger partial charge in [0, 0.05) is 18.9 Å². The van der Waals surface area contributed by atoms with Crippen LogP contribution in [0.1, 0.15) is 0 Å². The van der Waals surface area contributed by atoms with Gasteiger partial charge < -0.3 is 14.8 Å². The first-order valence-corrected chi connectivity index (χ1v) is 4.39. The molecule has 0 fully saturated rings. The second kappa shape index (κ2) is 5.98. The molecule has 0 saturated carbocycles. The van der Waals surface area contributed by atoms with Crippen molar-refractivity contribution < 1.29 is 18.7 Å². The number of carbonyl (C=O) groups is 1. The summed E-state index contributed by atoms with van der Waals surface area (Å²) >= 11 is 0. The summed E-state index contributed by atoms with van der Waals surface area (Å²) in [7, 11) is 1.54. The highest BCUT2D eigenvalue weighted by Gasteiger charge is 2.03. The average molecular weight is 213 g/mol. The van der Waals surface area contributed by atoms with Crippen LogP contribution in [0, 0.1) is 5.82 Å². The summed E-state index contributed by atoms with van der Waals surface area (Å²) in [6.07, 6.45) is 0.486. The Bertz CT molecular complexity index is 330. The lowest BCUT2D eigenvalue weighted by molar-refractivity contribution is -0.105. The van der Waals surface area contributed by atoms with Crippen LogP contribution in [-0.2, 0) is 9.53 Å². The topological polar surface area (TPSA) is 47.6 Å². The van der Waals surface area contributed by atoms with E-state index in [-0.39, 0.29) is 12.4 Å². The third-order valence-electron chi connectivity index (χ3n) is 1.70. The van der Waals surface area contributed by atoms with Gasteiger partial charge in [0.05, 0.1) is 6.61 Å². The van der Waals surface area contributed by atoms with Crippen molar-refractivity contribution in [2.45, 2.75) is 0 Å². The van der Waals surface area contributed by atoms with Crippen LogP contribution in [0.3, 0.4) is 0 Å². The van der Waals surface area contributed by atoms with Crippen molar-refractivity contribution in [3.05, 3.63) is 24.0 Å². The second-order valence-corrected chi connectivity index (χ2v) is 2.75. The zero-order chi connectivity index (χ0) is 11.1. The van der Waals surface area contributed by atoms with Crippen LogP contribution in [0.5, 0.6) is 5.75 Å². The van der Waals surface area contributed by atoms with E-state index < -0.39 is 5.82 Å². The van der Waals surface area contributed by atoms with E-state index in [9.17, 15) is 9.18 Å². The Morgan fingerprint density at radius 1 is 1.47 bits per heavy atom. The van der Waals surface area contributed by atoms with Crippen LogP contribution in [0.4, 0.5) is 10.1 Å². The lowest BCUT2D eigenvalue weighted by Gasteiger charge is -2.07. The maximum absolute atomic E-state index is 13.3. The monoisotopic (exact) mass is 213 g/mol. The summed E-state index contributed by atoms with van der Waals surface area (Å²) in [6.45, 7) is 0.682. The molecule has 4 nitrogen and oxygen atoms in total. The van der Waals surface area contributed by atoms with Crippen molar-refractivity contribution in [1.82, 2.24) is 0 Å². The number of nitrogens with one attached hydrogen (secondary N) is 1. The van der Waals surface area contributed by atoms with Crippen LogP contribution in [0.2, 0.25) is 0 Å². The van der Waals surface area contributed by atoms with E-state index in [0.717, 1.165) is 0 Å². The van der Waals surface area contributed by atoms with Gasteiger partial charge in [-0.2, -0.15) is 0 Å². The first-order valence-electron chi connectivity index (χ1n) is 4.39. The summed E-state index contributed by atoms with van der Waals surface area (Å²) < 4.78 is 23.1. The maximum atomic E-state index is 13.3. The normalized spacial score (nSPS) is 9.73. The minimum Gasteiger partial charge on any atom is -0.488 e. The van der Waals surface area contributed by atoms with Crippen molar-refractivity contribution in [2.75, 3.05) is 25.6 Å². The molecule has 0 atom stereocenters. The molecule has 0 aliphatic heterocycles. The SMILES string of the molecule is COCCOc1ccc(NC=O)cc1F. The van der Waals surface area contributed by atoms with Crippen LogP contribution < -0.4 is 10.1 Å². The van der Waals surface area contributed by atoms with Crippen LogP contribution in [0.15, 0.2) is 18.2 Å². The molecule has 0 unspecified atom stereocenters. The van der Waals surface area contributed by atoms with Crippen molar-refractivity contribution >= 4 is 12.1 Å². The van der Waals surface area contributed by atoms with Crippen molar-refractivity contribution in [1.29, 1.82) is 0 Å². The highest BCUT2D eigenvalue weighted by atomic mass is 19.1. The van der Waals surface area contributed by atoms with Gasteiger partial charge in [-0.1, -0.05) is 0 Å². The van der Waals surface area contributed by atoms with Gasteiger partial charge in [0.15, 0.2) is 11.6 Å². The Morgan fingerprint density at radius 2 is 2.27 bits per heavy atom. The summed E-state index contributed by atoms with van der Waals surface area (Å²) in [5.74, 6) is -0.374. The molecule has 5 heteroatoms. The molecule has 1 N–H and O–H groups in total. The van der Waals surface area contributed by atoms with Crippen molar-refractivity contribution in [3.63, 3.8) is 0 Å². The fraction of sp³-hybridized carbons (Fsp3) is 0.300. The highest BCUT2D eigenvalue weighted by Crippen LogP contribution is 2.20. The molecule has 0 saturated heterocycles. The number of rotatable bonds is 6. The zero-order valence-corrected chi connectivity index (χ0v) is 8.33. The molecule has 0 bridgehead atoms. The molecule has 0 spiro atoms. The van der Waals surface area contributed by atoms with E-state index in [4.69, 9.17) is 9.47 Å². The van der Waals surface area contributed by atoms with Crippen LogP contribution in [0.25, 0.3) is 0 Å². The summed E-state index contributed by atoms with van der Waals surface area (Å²) in [6, 6.07) is 4.20. The molecule has 1 amide bonds. The molecule has 0 aromatic heterocycles. The molecule has 1 aromatic rings. The number of benzene rings is 1. The van der Waals surface area contributed by atoms with Gasteiger partial charge in [0.1, 0.15) is 6.61 Å². The van der Waals surface area contributed by atoms with Gasteiger partial charge in [-0.3, -0.25) is 4.79 Å². The molecular weight excluding hydrogens is 201 g/mol. The predicted molar refractivity (Wildman–Crippen MR) is 53.5 cm³/mol. The number of amides is 1. The number of hydrogen-bond donors (Lipinski definition) is 1. The summed E-state index contributed by atoms with van der Waals surface area (Å²) in [5.41, 5.74) is 0.390. The first-order chi connectivity index (χ1) is 7.27. The van der Waals surface area contributed by atoms with E-state index in [2.05, 4.69) is 5.32 Å². The maximum Gasteiger partial charge on any atom is 0.211 e. The summed E-state index contributed by atoms with van der Waals surface area (Å²) in [5, 5.41) is 2.34. The largest absolute Gasteiger partial charge is 0.488 e. The van der Waals surface area contributed by atoms with Gasteiger partial charge in [0.25, 0.3) is 0 Å². The van der Waals surface area contributed by atoms with Crippen molar-refractivity contribution in [3.8, 4) is 5.75 Å². The number of ether oxygens (including phenoxy) is 2. The molecule has 0 aliphatic carbocycles. The minimum absolute atomic E-state index is 0.142. The molecule has 0 radical (unpaired) electrons. The molecule has 0 aliphatic rings. The third-order valence-corrected chi connectivity index (χ3v) is 1.70. The fourth-order valence-electron chi connectivity index (χ4n) is 1.01. The van der Waals surface area contributed by atoms with E-state index >= 15 is 0 Å². The molecular formula is C10H12FNO3. The first kappa shape index (κ1) is 11.5. The Hall–Kier alpha value is -1.62. The molecule has 0 heterocycles. The Labute approximate surface area is 87.0 Å². The van der Waals surface area contributed by atoms with Gasteiger partial charge in [-0.15, -0.1) is 0 Å². The molecule has 1 aromatic carbocycles. The quantitative estimate of drug-likeness (QED) is 0.574. The fourth-order valence-corrected chi connectivity index (χ4v) is 1.01. The van der Waals surface area contributed by atoms with Crippen molar-refractivity contribution in [2.24, 2.45) is 0 Å². The highest BCUT2D eigenvalue weighted by molar-refractivity contribution is 5.71. The van der Waals surface area contributed by atoms with Crippen LogP contribution in [-0.4, -0.2) is 26.7 Å². The number of hydrogen-bond acceptors (Lipinski definition) is 3. The van der Waals surface area contributed by atoms with Gasteiger partial charge >= 0.3 is 0 Å². The van der Waals surface area contributed by atoms with Crippen LogP contribution >= 0.6 is 0 Å². The summed E-state index contributed by atoms with van der Waals surface area (Å²) in [4.78, 5) is 10.1. The number of carbonyl (C=O) groups excluding carboxylic acids is 1. The smallest absolute Gasteiger partial charge is 0.211 e. The zero-order valence-electron chi connectivity index (χ0n) is 8.33. The Morgan fingerprint density at radius 3 is 2.87 bits per heavy atom. The van der Waals surface area contributed by atoms with E-state index in [1.165, 1.54) is 19.2 Å². The predicted octanol–water partition coefficient (Wildman–Crippen LogP) is 1.42. The van der Waals surface area contributed by atoms with Gasteiger partial charge in [-0.25, -0.2) is 4.39 Å². The molecule has 1 rings (SSSR count). The molecule has 82 valence electrons. The number of halogens is 1. The average Bonchev–Trinajstić information content (AvgIpc) is 2.22. The van der Waals surface area contributed by atoms with Gasteiger partial charge in [0.2, 0.25) is 6.41 Å².